The summed E-state index contributed by atoms with van der Waals surface area (Å²) in [6, 6.07) is 4.27. The number of likely N-dealkylation sites (tertiary alicyclic amines) is 1. The van der Waals surface area contributed by atoms with Gasteiger partial charge in [0, 0.05) is 25.9 Å². The molecular formula is C12H17N3O2. The van der Waals surface area contributed by atoms with Gasteiger partial charge in [0.25, 0.3) is 0 Å². The van der Waals surface area contributed by atoms with Crippen LogP contribution in [0.5, 0.6) is 0 Å². The molecule has 1 N–H and O–H groups in total. The lowest BCUT2D eigenvalue weighted by molar-refractivity contribution is 0.0799. The zero-order valence-electron chi connectivity index (χ0n) is 9.85. The fourth-order valence-corrected chi connectivity index (χ4v) is 2.44. The van der Waals surface area contributed by atoms with Crippen molar-refractivity contribution in [3.63, 3.8) is 0 Å². The predicted molar refractivity (Wildman–Crippen MR) is 61.0 cm³/mol. The maximum absolute atomic E-state index is 10.8. The van der Waals surface area contributed by atoms with Crippen LogP contribution in [0, 0.1) is 28.1 Å². The number of nitrogens with zero attached hydrogens (tertiary/aromatic N) is 3. The number of rotatable bonds is 4. The van der Waals surface area contributed by atoms with E-state index >= 15 is 0 Å². The van der Waals surface area contributed by atoms with Gasteiger partial charge >= 0.3 is 6.09 Å². The molecular weight excluding hydrogens is 218 g/mol. The molecule has 92 valence electrons. The van der Waals surface area contributed by atoms with E-state index in [-0.39, 0.29) is 5.41 Å². The highest BCUT2D eigenvalue weighted by atomic mass is 16.4. The fraction of sp³-hybridized carbons (Fsp3) is 0.750. The number of piperidine rings is 1. The Hall–Kier alpha value is -1.75. The largest absolute Gasteiger partial charge is 0.465 e. The molecule has 5 nitrogen and oxygen atoms in total. The van der Waals surface area contributed by atoms with Crippen molar-refractivity contribution in [3.05, 3.63) is 0 Å². The quantitative estimate of drug-likeness (QED) is 0.810. The Morgan fingerprint density at radius 1 is 1.18 bits per heavy atom. The summed E-state index contributed by atoms with van der Waals surface area (Å²) in [6.45, 7) is 1.04. The van der Waals surface area contributed by atoms with E-state index in [1.54, 1.807) is 0 Å². The van der Waals surface area contributed by atoms with E-state index in [1.807, 2.05) is 0 Å². The van der Waals surface area contributed by atoms with Gasteiger partial charge in [-0.15, -0.1) is 0 Å². The first-order valence-electron chi connectivity index (χ1n) is 5.85. The van der Waals surface area contributed by atoms with Crippen molar-refractivity contribution in [3.8, 4) is 12.1 Å². The van der Waals surface area contributed by atoms with E-state index in [0.717, 1.165) is 25.7 Å². The Balaban J connectivity index is 2.58. The average molecular weight is 235 g/mol. The molecule has 5 heteroatoms. The average Bonchev–Trinajstić information content (AvgIpc) is 2.34. The lowest BCUT2D eigenvalue weighted by Gasteiger charge is -2.40. The van der Waals surface area contributed by atoms with Gasteiger partial charge in [-0.25, -0.2) is 4.79 Å². The predicted octanol–water partition coefficient (Wildman–Crippen LogP) is 2.35. The van der Waals surface area contributed by atoms with Crippen LogP contribution in [0.2, 0.25) is 0 Å². The summed E-state index contributed by atoms with van der Waals surface area (Å²) in [5, 5.41) is 26.2. The number of carbonyl (C=O) groups is 1. The van der Waals surface area contributed by atoms with Crippen molar-refractivity contribution in [2.75, 3.05) is 13.1 Å². The number of carboxylic acid groups (broad SMARTS) is 1. The van der Waals surface area contributed by atoms with Gasteiger partial charge in [-0.2, -0.15) is 10.5 Å². The third kappa shape index (κ3) is 3.64. The smallest absolute Gasteiger partial charge is 0.407 e. The summed E-state index contributed by atoms with van der Waals surface area (Å²) >= 11 is 0. The van der Waals surface area contributed by atoms with Crippen molar-refractivity contribution >= 4 is 6.09 Å². The highest BCUT2D eigenvalue weighted by Gasteiger charge is 2.35. The van der Waals surface area contributed by atoms with Crippen LogP contribution in [-0.2, 0) is 0 Å². The van der Waals surface area contributed by atoms with Crippen LogP contribution < -0.4 is 0 Å². The van der Waals surface area contributed by atoms with Crippen molar-refractivity contribution in [1.29, 1.82) is 10.5 Å². The van der Waals surface area contributed by atoms with Crippen LogP contribution in [0.25, 0.3) is 0 Å². The molecule has 0 aliphatic carbocycles. The number of nitriles is 2. The molecule has 1 aliphatic rings. The van der Waals surface area contributed by atoms with Gasteiger partial charge in [0.2, 0.25) is 0 Å². The summed E-state index contributed by atoms with van der Waals surface area (Å²) in [5.41, 5.74) is -0.00257. The number of amides is 1. The lowest BCUT2D eigenvalue weighted by Crippen LogP contribution is -2.42. The molecule has 0 bridgehead atoms. The van der Waals surface area contributed by atoms with Crippen molar-refractivity contribution in [2.45, 2.75) is 38.5 Å². The van der Waals surface area contributed by atoms with Crippen LogP contribution in [0.1, 0.15) is 38.5 Å². The third-order valence-electron chi connectivity index (χ3n) is 3.63. The lowest BCUT2D eigenvalue weighted by atomic mass is 9.72. The van der Waals surface area contributed by atoms with E-state index in [2.05, 4.69) is 12.1 Å². The summed E-state index contributed by atoms with van der Waals surface area (Å²) in [4.78, 5) is 12.2. The Labute approximate surface area is 101 Å². The third-order valence-corrected chi connectivity index (χ3v) is 3.63. The Bertz CT molecular complexity index is 326. The zero-order valence-corrected chi connectivity index (χ0v) is 9.85. The van der Waals surface area contributed by atoms with Gasteiger partial charge in [0.1, 0.15) is 0 Å². The van der Waals surface area contributed by atoms with Gasteiger partial charge < -0.3 is 10.0 Å². The van der Waals surface area contributed by atoms with Crippen LogP contribution in [0.15, 0.2) is 0 Å². The van der Waals surface area contributed by atoms with Gasteiger partial charge in [-0.3, -0.25) is 0 Å². The standard InChI is InChI=1S/C12H17N3O2/c13-7-1-3-12(4-2-8-14)5-9-15(10-6-12)11(16)17/h1-6,9-10H2,(H,16,17). The number of hydrogen-bond donors (Lipinski definition) is 1. The molecule has 1 aliphatic heterocycles. The molecule has 1 heterocycles. The molecule has 1 rings (SSSR count). The van der Waals surface area contributed by atoms with E-state index in [9.17, 15) is 4.79 Å². The summed E-state index contributed by atoms with van der Waals surface area (Å²) < 4.78 is 0. The van der Waals surface area contributed by atoms with Crippen molar-refractivity contribution < 1.29 is 9.90 Å². The van der Waals surface area contributed by atoms with Crippen LogP contribution in [0.3, 0.4) is 0 Å². The Morgan fingerprint density at radius 3 is 2.00 bits per heavy atom. The molecule has 0 spiro atoms. The Morgan fingerprint density at radius 2 is 1.65 bits per heavy atom. The zero-order chi connectivity index (χ0) is 12.7. The summed E-state index contributed by atoms with van der Waals surface area (Å²) in [7, 11) is 0. The van der Waals surface area contributed by atoms with Gasteiger partial charge in [-0.1, -0.05) is 0 Å². The molecule has 0 radical (unpaired) electrons. The molecule has 0 aromatic rings. The van der Waals surface area contributed by atoms with E-state index in [0.29, 0.717) is 25.9 Å². The van der Waals surface area contributed by atoms with Gasteiger partial charge in [-0.05, 0) is 31.1 Å². The van der Waals surface area contributed by atoms with Crippen molar-refractivity contribution in [1.82, 2.24) is 4.90 Å². The van der Waals surface area contributed by atoms with Gasteiger partial charge in [0.15, 0.2) is 0 Å². The van der Waals surface area contributed by atoms with E-state index in [1.165, 1.54) is 4.90 Å². The molecule has 1 fully saturated rings. The molecule has 0 saturated carbocycles. The van der Waals surface area contributed by atoms with E-state index in [4.69, 9.17) is 15.6 Å². The van der Waals surface area contributed by atoms with Crippen LogP contribution >= 0.6 is 0 Å². The monoisotopic (exact) mass is 235 g/mol. The molecule has 0 aromatic carbocycles. The first-order valence-corrected chi connectivity index (χ1v) is 5.85. The van der Waals surface area contributed by atoms with E-state index < -0.39 is 6.09 Å². The Kier molecular flexibility index (Phi) is 4.78. The molecule has 0 atom stereocenters. The van der Waals surface area contributed by atoms with Crippen molar-refractivity contribution in [2.24, 2.45) is 5.41 Å². The maximum Gasteiger partial charge on any atom is 0.407 e. The minimum Gasteiger partial charge on any atom is -0.465 e. The highest BCUT2D eigenvalue weighted by molar-refractivity contribution is 5.65. The maximum atomic E-state index is 10.8. The second-order valence-electron chi connectivity index (χ2n) is 4.59. The normalized spacial score (nSPS) is 18.1. The SMILES string of the molecule is N#CCCC1(CCC#N)CCN(C(=O)O)CC1. The van der Waals surface area contributed by atoms with Crippen LogP contribution in [0.4, 0.5) is 4.79 Å². The molecule has 0 aromatic heterocycles. The first kappa shape index (κ1) is 13.3. The molecule has 17 heavy (non-hydrogen) atoms. The summed E-state index contributed by atoms with van der Waals surface area (Å²) in [5.74, 6) is 0. The van der Waals surface area contributed by atoms with Gasteiger partial charge in [0.05, 0.1) is 12.1 Å². The minimum atomic E-state index is -0.876. The minimum absolute atomic E-state index is 0.00257. The molecule has 1 amide bonds. The summed E-state index contributed by atoms with van der Waals surface area (Å²) in [6.07, 6.45) is 3.18. The topological polar surface area (TPSA) is 88.1 Å². The molecule has 1 saturated heterocycles. The second-order valence-corrected chi connectivity index (χ2v) is 4.59. The number of hydrogen-bond acceptors (Lipinski definition) is 3. The van der Waals surface area contributed by atoms with Crippen LogP contribution in [-0.4, -0.2) is 29.2 Å². The second kappa shape index (κ2) is 6.10. The fourth-order valence-electron chi connectivity index (χ4n) is 2.44. The highest BCUT2D eigenvalue weighted by Crippen LogP contribution is 2.40. The first-order chi connectivity index (χ1) is 8.13. The molecule has 0 unspecified atom stereocenters.